The third-order valence-corrected chi connectivity index (χ3v) is 3.98. The van der Waals surface area contributed by atoms with Crippen LogP contribution in [-0.4, -0.2) is 26.9 Å². The number of aromatic amines is 1. The first kappa shape index (κ1) is 16.0. The number of nitrogens with zero attached hydrogens (tertiary/aromatic N) is 2. The summed E-state index contributed by atoms with van der Waals surface area (Å²) in [5, 5.41) is 9.43. The molecule has 2 heterocycles. The summed E-state index contributed by atoms with van der Waals surface area (Å²) in [4.78, 5) is 29.3. The number of amides is 1. The van der Waals surface area contributed by atoms with Gasteiger partial charge in [-0.05, 0) is 36.4 Å². The summed E-state index contributed by atoms with van der Waals surface area (Å²) in [5.74, 6) is -0.926. The van der Waals surface area contributed by atoms with E-state index in [-0.39, 0.29) is 23.1 Å². The molecule has 4 rings (SSSR count). The number of ketones is 1. The minimum Gasteiger partial charge on any atom is -0.423 e. The molecule has 2 N–H and O–H groups in total. The molecule has 0 unspecified atom stereocenters. The predicted molar refractivity (Wildman–Crippen MR) is 95.4 cm³/mol. The number of halogens is 1. The molecule has 0 aliphatic carbocycles. The molecule has 0 aliphatic rings. The van der Waals surface area contributed by atoms with E-state index in [0.717, 1.165) is 0 Å². The Bertz CT molecular complexity index is 1080. The van der Waals surface area contributed by atoms with Gasteiger partial charge in [-0.25, -0.2) is 0 Å². The maximum Gasteiger partial charge on any atom is 0.302 e. The van der Waals surface area contributed by atoms with Crippen LogP contribution >= 0.6 is 11.6 Å². The van der Waals surface area contributed by atoms with Gasteiger partial charge in [0.05, 0.1) is 11.8 Å². The molecule has 2 aromatic heterocycles. The number of H-pyrrole nitrogens is 1. The van der Waals surface area contributed by atoms with Gasteiger partial charge in [0.1, 0.15) is 11.2 Å². The van der Waals surface area contributed by atoms with Crippen LogP contribution in [0.5, 0.6) is 0 Å². The molecule has 128 valence electrons. The molecule has 26 heavy (non-hydrogen) atoms. The highest BCUT2D eigenvalue weighted by atomic mass is 35.5. The lowest BCUT2D eigenvalue weighted by molar-refractivity contribution is 0.0993. The average molecular weight is 367 g/mol. The third-order valence-electron chi connectivity index (χ3n) is 3.73. The van der Waals surface area contributed by atoms with Crippen molar-refractivity contribution in [3.8, 4) is 0 Å². The molecule has 0 spiro atoms. The van der Waals surface area contributed by atoms with Gasteiger partial charge in [0, 0.05) is 10.6 Å². The van der Waals surface area contributed by atoms with Crippen molar-refractivity contribution in [3.63, 3.8) is 0 Å². The van der Waals surface area contributed by atoms with Crippen LogP contribution in [0.25, 0.3) is 11.1 Å². The largest absolute Gasteiger partial charge is 0.423 e. The second kappa shape index (κ2) is 6.45. The van der Waals surface area contributed by atoms with Crippen molar-refractivity contribution in [2.45, 2.75) is 0 Å². The molecule has 0 bridgehead atoms. The van der Waals surface area contributed by atoms with Crippen LogP contribution in [0.1, 0.15) is 26.4 Å². The van der Waals surface area contributed by atoms with E-state index in [4.69, 9.17) is 16.0 Å². The topological polar surface area (TPSA) is 101 Å². The lowest BCUT2D eigenvalue weighted by atomic mass is 10.1. The van der Waals surface area contributed by atoms with Crippen LogP contribution in [0.2, 0.25) is 5.02 Å². The summed E-state index contributed by atoms with van der Waals surface area (Å²) >= 11 is 5.83. The normalized spacial score (nSPS) is 10.8. The fraction of sp³-hybridized carbons (Fsp3) is 0. The molecule has 1 amide bonds. The molecule has 8 heteroatoms. The average Bonchev–Trinajstić information content (AvgIpc) is 3.28. The van der Waals surface area contributed by atoms with Crippen LogP contribution in [0.15, 0.2) is 59.1 Å². The summed E-state index contributed by atoms with van der Waals surface area (Å²) in [5.41, 5.74) is 1.71. The Balaban J connectivity index is 1.60. The van der Waals surface area contributed by atoms with Crippen LogP contribution in [0, 0.1) is 0 Å². The Hall–Kier alpha value is -3.45. The number of anilines is 1. The monoisotopic (exact) mass is 366 g/mol. The first-order valence-corrected chi connectivity index (χ1v) is 8.00. The maximum absolute atomic E-state index is 12.6. The van der Waals surface area contributed by atoms with Gasteiger partial charge in [0.15, 0.2) is 5.58 Å². The zero-order chi connectivity index (χ0) is 18.1. The maximum atomic E-state index is 12.6. The number of oxazole rings is 1. The molecular weight excluding hydrogens is 356 g/mol. The van der Waals surface area contributed by atoms with Crippen LogP contribution in [0.3, 0.4) is 0 Å². The minimum absolute atomic E-state index is 0.0438. The Morgan fingerprint density at radius 2 is 1.85 bits per heavy atom. The van der Waals surface area contributed by atoms with Crippen molar-refractivity contribution < 1.29 is 14.0 Å². The molecular formula is C18H11ClN4O3. The summed E-state index contributed by atoms with van der Waals surface area (Å²) < 4.78 is 5.46. The van der Waals surface area contributed by atoms with E-state index < -0.39 is 5.91 Å². The highest BCUT2D eigenvalue weighted by molar-refractivity contribution is 6.30. The molecule has 0 fully saturated rings. The van der Waals surface area contributed by atoms with Gasteiger partial charge in [-0.15, -0.1) is 0 Å². The van der Waals surface area contributed by atoms with Gasteiger partial charge in [-0.3, -0.25) is 20.0 Å². The van der Waals surface area contributed by atoms with Crippen LogP contribution in [0.4, 0.5) is 6.01 Å². The first-order valence-electron chi connectivity index (χ1n) is 7.62. The van der Waals surface area contributed by atoms with Gasteiger partial charge in [0.2, 0.25) is 5.78 Å². The van der Waals surface area contributed by atoms with E-state index in [2.05, 4.69) is 20.5 Å². The molecule has 7 nitrogen and oxygen atoms in total. The first-order chi connectivity index (χ1) is 12.6. The number of hydrogen-bond donors (Lipinski definition) is 2. The number of nitrogens with one attached hydrogen (secondary N) is 2. The highest BCUT2D eigenvalue weighted by Crippen LogP contribution is 2.20. The van der Waals surface area contributed by atoms with Crippen LogP contribution in [-0.2, 0) is 0 Å². The smallest absolute Gasteiger partial charge is 0.302 e. The van der Waals surface area contributed by atoms with Crippen LogP contribution < -0.4 is 5.32 Å². The van der Waals surface area contributed by atoms with Gasteiger partial charge in [-0.1, -0.05) is 23.7 Å². The number of aromatic nitrogens is 3. The number of fused-ring (bicyclic) bond motifs is 1. The van der Waals surface area contributed by atoms with Gasteiger partial charge < -0.3 is 4.42 Å². The third kappa shape index (κ3) is 2.96. The van der Waals surface area contributed by atoms with Crippen molar-refractivity contribution in [2.24, 2.45) is 0 Å². The second-order valence-corrected chi connectivity index (χ2v) is 5.87. The Kier molecular flexibility index (Phi) is 3.98. The lowest BCUT2D eigenvalue weighted by Gasteiger charge is -2.03. The molecule has 0 saturated carbocycles. The molecule has 0 saturated heterocycles. The summed E-state index contributed by atoms with van der Waals surface area (Å²) in [6.45, 7) is 0. The number of carbonyl (C=O) groups excluding carboxylic acids is 2. The molecule has 0 aliphatic heterocycles. The van der Waals surface area contributed by atoms with Gasteiger partial charge >= 0.3 is 6.01 Å². The van der Waals surface area contributed by atoms with Gasteiger partial charge in [0.25, 0.3) is 5.91 Å². The van der Waals surface area contributed by atoms with E-state index in [1.165, 1.54) is 6.20 Å². The highest BCUT2D eigenvalue weighted by Gasteiger charge is 2.22. The fourth-order valence-electron chi connectivity index (χ4n) is 2.47. The summed E-state index contributed by atoms with van der Waals surface area (Å²) in [6, 6.07) is 13.5. The van der Waals surface area contributed by atoms with E-state index in [1.807, 2.05) is 6.07 Å². The minimum atomic E-state index is -0.553. The zero-order valence-corrected chi connectivity index (χ0v) is 13.9. The van der Waals surface area contributed by atoms with Crippen molar-refractivity contribution in [1.29, 1.82) is 0 Å². The van der Waals surface area contributed by atoms with Gasteiger partial charge in [-0.2, -0.15) is 10.1 Å². The number of para-hydroxylation sites is 2. The van der Waals surface area contributed by atoms with E-state index >= 15 is 0 Å². The Morgan fingerprint density at radius 1 is 1.08 bits per heavy atom. The van der Waals surface area contributed by atoms with Crippen molar-refractivity contribution in [3.05, 3.63) is 76.6 Å². The zero-order valence-electron chi connectivity index (χ0n) is 13.2. The van der Waals surface area contributed by atoms with Crippen molar-refractivity contribution >= 4 is 40.4 Å². The number of hydrogen-bond acceptors (Lipinski definition) is 5. The standard InChI is InChI=1S/C18H11ClN4O3/c19-11-7-5-10(6-8-11)16(24)15-12(9-20-23-15)17(25)22-18-21-13-3-1-2-4-14(13)26-18/h1-9H,(H,20,23)(H,21,22,25). The van der Waals surface area contributed by atoms with E-state index in [1.54, 1.807) is 42.5 Å². The summed E-state index contributed by atoms with van der Waals surface area (Å²) in [6.07, 6.45) is 1.28. The van der Waals surface area contributed by atoms with Crippen molar-refractivity contribution in [2.75, 3.05) is 5.32 Å². The molecule has 4 aromatic rings. The lowest BCUT2D eigenvalue weighted by Crippen LogP contribution is -2.16. The fourth-order valence-corrected chi connectivity index (χ4v) is 2.59. The van der Waals surface area contributed by atoms with E-state index in [9.17, 15) is 9.59 Å². The number of benzene rings is 2. The molecule has 2 aromatic carbocycles. The predicted octanol–water partition coefficient (Wildman–Crippen LogP) is 3.69. The van der Waals surface area contributed by atoms with E-state index in [0.29, 0.717) is 21.7 Å². The Morgan fingerprint density at radius 3 is 2.62 bits per heavy atom. The SMILES string of the molecule is O=C(Nc1nc2ccccc2o1)c1cn[nH]c1C(=O)c1ccc(Cl)cc1. The molecule has 0 radical (unpaired) electrons. The Labute approximate surface area is 152 Å². The number of rotatable bonds is 4. The molecule has 0 atom stereocenters. The quantitative estimate of drug-likeness (QED) is 0.536. The summed E-state index contributed by atoms with van der Waals surface area (Å²) in [7, 11) is 0. The van der Waals surface area contributed by atoms with Crippen molar-refractivity contribution in [1.82, 2.24) is 15.2 Å². The second-order valence-electron chi connectivity index (χ2n) is 5.44. The number of carbonyl (C=O) groups is 2.